The van der Waals surface area contributed by atoms with Gasteiger partial charge in [0.2, 0.25) is 5.91 Å². The summed E-state index contributed by atoms with van der Waals surface area (Å²) in [7, 11) is 0. The van der Waals surface area contributed by atoms with Crippen molar-refractivity contribution in [2.45, 2.75) is 51.7 Å². The Hall–Kier alpha value is -1.87. The molecule has 9 heteroatoms. The quantitative estimate of drug-likeness (QED) is 0.717. The van der Waals surface area contributed by atoms with Crippen molar-refractivity contribution in [1.82, 2.24) is 9.55 Å². The fourth-order valence-corrected chi connectivity index (χ4v) is 3.67. The second-order valence-corrected chi connectivity index (χ2v) is 7.82. The highest BCUT2D eigenvalue weighted by Crippen LogP contribution is 2.35. The number of anilines is 1. The zero-order chi connectivity index (χ0) is 19.3. The molecule has 1 N–H and O–H groups in total. The minimum atomic E-state index is -0.495. The monoisotopic (exact) mass is 383 g/mol. The standard InChI is InChI=1S/C17H25N3O5S/c1-5-26-13-8-15(25-12(13)9-24-11(4)21)20-7-6-14(19-17(20)23)18-16(22)10(2)3/h6-7,10,12-13,15H,5,8-9H2,1-4H3,(H,18,19,22,23)/t12-,13+,15-/m1/s1. The molecule has 0 aliphatic carbocycles. The van der Waals surface area contributed by atoms with Gasteiger partial charge >= 0.3 is 11.7 Å². The van der Waals surface area contributed by atoms with Gasteiger partial charge in [-0.25, -0.2) is 4.79 Å². The van der Waals surface area contributed by atoms with E-state index >= 15 is 0 Å². The lowest BCUT2D eigenvalue weighted by Crippen LogP contribution is -2.29. The summed E-state index contributed by atoms with van der Waals surface area (Å²) in [5.41, 5.74) is -0.495. The van der Waals surface area contributed by atoms with Crippen LogP contribution in [0.4, 0.5) is 5.82 Å². The van der Waals surface area contributed by atoms with Gasteiger partial charge in [-0.1, -0.05) is 20.8 Å². The first-order chi connectivity index (χ1) is 12.3. The predicted molar refractivity (Wildman–Crippen MR) is 99.0 cm³/mol. The van der Waals surface area contributed by atoms with Gasteiger partial charge in [-0.05, 0) is 11.8 Å². The molecule has 0 bridgehead atoms. The summed E-state index contributed by atoms with van der Waals surface area (Å²) in [5, 5.41) is 2.73. The highest BCUT2D eigenvalue weighted by molar-refractivity contribution is 7.99. The number of ether oxygens (including phenoxy) is 2. The molecule has 0 unspecified atom stereocenters. The molecule has 2 rings (SSSR count). The van der Waals surface area contributed by atoms with Gasteiger partial charge in [0, 0.05) is 30.7 Å². The molecule has 1 aromatic heterocycles. The van der Waals surface area contributed by atoms with Crippen LogP contribution in [0.25, 0.3) is 0 Å². The van der Waals surface area contributed by atoms with Crippen LogP contribution in [0, 0.1) is 5.92 Å². The topological polar surface area (TPSA) is 99.5 Å². The fraction of sp³-hybridized carbons (Fsp3) is 0.647. The number of aromatic nitrogens is 2. The van der Waals surface area contributed by atoms with Gasteiger partial charge in [-0.15, -0.1) is 0 Å². The third kappa shape index (κ3) is 5.31. The van der Waals surface area contributed by atoms with Crippen LogP contribution in [-0.4, -0.2) is 45.1 Å². The molecule has 144 valence electrons. The van der Waals surface area contributed by atoms with Crippen LogP contribution in [0.3, 0.4) is 0 Å². The average molecular weight is 383 g/mol. The van der Waals surface area contributed by atoms with E-state index in [1.54, 1.807) is 37.9 Å². The third-order valence-corrected chi connectivity index (χ3v) is 5.19. The number of carbonyl (C=O) groups is 2. The van der Waals surface area contributed by atoms with Gasteiger partial charge in [0.25, 0.3) is 0 Å². The van der Waals surface area contributed by atoms with E-state index in [0.29, 0.717) is 6.42 Å². The molecule has 1 aromatic rings. The molecular formula is C17H25N3O5S. The van der Waals surface area contributed by atoms with Crippen molar-refractivity contribution >= 4 is 29.5 Å². The highest BCUT2D eigenvalue weighted by Gasteiger charge is 2.37. The zero-order valence-electron chi connectivity index (χ0n) is 15.4. The van der Waals surface area contributed by atoms with Crippen molar-refractivity contribution in [3.63, 3.8) is 0 Å². The van der Waals surface area contributed by atoms with Crippen LogP contribution in [-0.2, 0) is 19.1 Å². The third-order valence-electron chi connectivity index (χ3n) is 3.93. The van der Waals surface area contributed by atoms with Crippen molar-refractivity contribution in [2.75, 3.05) is 17.7 Å². The van der Waals surface area contributed by atoms with Gasteiger partial charge in [0.15, 0.2) is 0 Å². The second kappa shape index (κ2) is 9.18. The summed E-state index contributed by atoms with van der Waals surface area (Å²) >= 11 is 1.71. The largest absolute Gasteiger partial charge is 0.463 e. The lowest BCUT2D eigenvalue weighted by Gasteiger charge is -2.17. The van der Waals surface area contributed by atoms with Gasteiger partial charge in [-0.2, -0.15) is 16.7 Å². The minimum Gasteiger partial charge on any atom is -0.463 e. The number of esters is 1. The Morgan fingerprint density at radius 3 is 2.81 bits per heavy atom. The maximum absolute atomic E-state index is 12.3. The van der Waals surface area contributed by atoms with Crippen molar-refractivity contribution in [2.24, 2.45) is 5.92 Å². The number of hydrogen-bond acceptors (Lipinski definition) is 7. The van der Waals surface area contributed by atoms with Crippen molar-refractivity contribution in [3.05, 3.63) is 22.7 Å². The van der Waals surface area contributed by atoms with E-state index in [9.17, 15) is 14.4 Å². The molecule has 0 spiro atoms. The molecule has 1 saturated heterocycles. The summed E-state index contributed by atoms with van der Waals surface area (Å²) in [6, 6.07) is 1.58. The second-order valence-electron chi connectivity index (χ2n) is 6.31. The molecule has 26 heavy (non-hydrogen) atoms. The predicted octanol–water partition coefficient (Wildman–Crippen LogP) is 1.81. The Labute approximate surface area is 156 Å². The smallest absolute Gasteiger partial charge is 0.351 e. The van der Waals surface area contributed by atoms with Crippen LogP contribution < -0.4 is 11.0 Å². The first-order valence-electron chi connectivity index (χ1n) is 8.62. The summed E-state index contributed by atoms with van der Waals surface area (Å²) < 4.78 is 12.4. The maximum Gasteiger partial charge on any atom is 0.351 e. The van der Waals surface area contributed by atoms with E-state index in [1.165, 1.54) is 11.5 Å². The minimum absolute atomic E-state index is 0.122. The summed E-state index contributed by atoms with van der Waals surface area (Å²) in [4.78, 5) is 39.0. The Balaban J connectivity index is 2.11. The van der Waals surface area contributed by atoms with E-state index in [4.69, 9.17) is 9.47 Å². The SMILES string of the molecule is CCS[C@H]1C[C@H](n2ccc(NC(=O)C(C)C)nc2=O)O[C@@H]1COC(C)=O. The first kappa shape index (κ1) is 20.4. The number of nitrogens with one attached hydrogen (secondary N) is 1. The Bertz CT molecular complexity index is 706. The number of carbonyl (C=O) groups excluding carboxylic acids is 2. The molecular weight excluding hydrogens is 358 g/mol. The van der Waals surface area contributed by atoms with Crippen molar-refractivity contribution < 1.29 is 19.1 Å². The Morgan fingerprint density at radius 1 is 1.50 bits per heavy atom. The van der Waals surface area contributed by atoms with Crippen LogP contribution >= 0.6 is 11.8 Å². The molecule has 0 aromatic carbocycles. The fourth-order valence-electron chi connectivity index (χ4n) is 2.58. The number of nitrogens with zero attached hydrogens (tertiary/aromatic N) is 2. The van der Waals surface area contributed by atoms with Crippen LogP contribution in [0.5, 0.6) is 0 Å². The molecule has 0 radical (unpaired) electrons. The zero-order valence-corrected chi connectivity index (χ0v) is 16.2. The van der Waals surface area contributed by atoms with Gasteiger partial charge < -0.3 is 14.8 Å². The maximum atomic E-state index is 12.3. The molecule has 2 heterocycles. The summed E-state index contributed by atoms with van der Waals surface area (Å²) in [5.74, 6) is 0.351. The van der Waals surface area contributed by atoms with Gasteiger partial charge in [-0.3, -0.25) is 14.2 Å². The molecule has 1 amide bonds. The molecule has 1 fully saturated rings. The van der Waals surface area contributed by atoms with Crippen LogP contribution in [0.1, 0.15) is 40.3 Å². The van der Waals surface area contributed by atoms with Gasteiger partial charge in [0.05, 0.1) is 0 Å². The number of amides is 1. The van der Waals surface area contributed by atoms with Crippen molar-refractivity contribution in [3.8, 4) is 0 Å². The van der Waals surface area contributed by atoms with E-state index in [1.807, 2.05) is 6.92 Å². The number of hydrogen-bond donors (Lipinski definition) is 1. The van der Waals surface area contributed by atoms with E-state index in [-0.39, 0.29) is 41.6 Å². The Morgan fingerprint density at radius 2 is 2.23 bits per heavy atom. The first-order valence-corrected chi connectivity index (χ1v) is 9.67. The lowest BCUT2D eigenvalue weighted by atomic mass is 10.2. The normalized spacial score (nSPS) is 22.4. The molecule has 3 atom stereocenters. The van der Waals surface area contributed by atoms with Crippen molar-refractivity contribution in [1.29, 1.82) is 0 Å². The summed E-state index contributed by atoms with van der Waals surface area (Å²) in [6.45, 7) is 7.08. The lowest BCUT2D eigenvalue weighted by molar-refractivity contribution is -0.145. The number of rotatable bonds is 7. The molecule has 1 aliphatic rings. The Kier molecular flexibility index (Phi) is 7.22. The summed E-state index contributed by atoms with van der Waals surface area (Å²) in [6.07, 6.45) is 1.43. The van der Waals surface area contributed by atoms with Gasteiger partial charge in [0.1, 0.15) is 24.8 Å². The van der Waals surface area contributed by atoms with Crippen LogP contribution in [0.2, 0.25) is 0 Å². The molecule has 0 saturated carbocycles. The van der Waals surface area contributed by atoms with E-state index in [2.05, 4.69) is 10.3 Å². The van der Waals surface area contributed by atoms with E-state index < -0.39 is 11.9 Å². The molecule has 8 nitrogen and oxygen atoms in total. The van der Waals surface area contributed by atoms with Crippen LogP contribution in [0.15, 0.2) is 17.1 Å². The highest BCUT2D eigenvalue weighted by atomic mass is 32.2. The average Bonchev–Trinajstić information content (AvgIpc) is 2.96. The molecule has 1 aliphatic heterocycles. The number of thioether (sulfide) groups is 1. The van der Waals surface area contributed by atoms with E-state index in [0.717, 1.165) is 5.75 Å².